The van der Waals surface area contributed by atoms with Crippen LogP contribution in [0.25, 0.3) is 22.1 Å². The summed E-state index contributed by atoms with van der Waals surface area (Å²) in [6, 6.07) is 3.77. The molecule has 0 amide bonds. The van der Waals surface area contributed by atoms with Crippen molar-refractivity contribution in [3.8, 4) is 0 Å². The highest BCUT2D eigenvalue weighted by Gasteiger charge is 2.19. The number of rotatable bonds is 8. The first-order valence-corrected chi connectivity index (χ1v) is 10.3. The van der Waals surface area contributed by atoms with Crippen LogP contribution >= 0.6 is 0 Å². The molecule has 8 nitrogen and oxygen atoms in total. The van der Waals surface area contributed by atoms with E-state index in [1.54, 1.807) is 12.4 Å². The van der Waals surface area contributed by atoms with Crippen LogP contribution in [-0.4, -0.2) is 40.3 Å². The Labute approximate surface area is 152 Å². The van der Waals surface area contributed by atoms with E-state index in [1.165, 1.54) is 0 Å². The Hall–Kier alpha value is -2.10. The maximum absolute atomic E-state index is 11.2. The van der Waals surface area contributed by atoms with Gasteiger partial charge in [-0.05, 0) is 38.8 Å². The van der Waals surface area contributed by atoms with Gasteiger partial charge in [0.15, 0.2) is 0 Å². The van der Waals surface area contributed by atoms with E-state index in [-0.39, 0.29) is 11.8 Å². The number of nitrogens with zero attached hydrogens (tertiary/aromatic N) is 4. The minimum Gasteiger partial charge on any atom is -0.374 e. The average molecular weight is 377 g/mol. The largest absolute Gasteiger partial charge is 0.374 e. The van der Waals surface area contributed by atoms with E-state index in [2.05, 4.69) is 19.5 Å². The van der Waals surface area contributed by atoms with Crippen molar-refractivity contribution < 1.29 is 13.2 Å². The summed E-state index contributed by atoms with van der Waals surface area (Å²) >= 11 is 0. The molecule has 0 aliphatic heterocycles. The van der Waals surface area contributed by atoms with Crippen LogP contribution in [0.5, 0.6) is 0 Å². The van der Waals surface area contributed by atoms with Crippen molar-refractivity contribution in [1.29, 1.82) is 0 Å². The zero-order valence-electron chi connectivity index (χ0n) is 14.9. The molecule has 3 rings (SSSR count). The number of nitrogens with two attached hydrogens (primary N) is 1. The van der Waals surface area contributed by atoms with Crippen molar-refractivity contribution in [2.45, 2.75) is 39.3 Å². The highest BCUT2D eigenvalue weighted by atomic mass is 32.2. The van der Waals surface area contributed by atoms with E-state index < -0.39 is 10.0 Å². The van der Waals surface area contributed by atoms with Crippen LogP contribution in [0.2, 0.25) is 0 Å². The lowest BCUT2D eigenvalue weighted by Crippen LogP contribution is -2.18. The van der Waals surface area contributed by atoms with Crippen LogP contribution < -0.4 is 5.14 Å². The molecule has 0 aliphatic rings. The monoisotopic (exact) mass is 377 g/mol. The lowest BCUT2D eigenvalue weighted by molar-refractivity contribution is 0.124. The highest BCUT2D eigenvalue weighted by Crippen LogP contribution is 2.28. The Balaban J connectivity index is 2.05. The molecule has 1 atom stereocenters. The van der Waals surface area contributed by atoms with Gasteiger partial charge in [0, 0.05) is 18.8 Å². The van der Waals surface area contributed by atoms with Gasteiger partial charge in [-0.3, -0.25) is 9.97 Å². The first-order chi connectivity index (χ1) is 12.4. The average Bonchev–Trinajstić information content (AvgIpc) is 2.97. The summed E-state index contributed by atoms with van der Waals surface area (Å²) < 4.78 is 30.1. The molecule has 0 saturated heterocycles. The summed E-state index contributed by atoms with van der Waals surface area (Å²) in [4.78, 5) is 13.6. The Bertz CT molecular complexity index is 1020. The molecule has 140 valence electrons. The maximum atomic E-state index is 11.2. The maximum Gasteiger partial charge on any atom is 0.209 e. The Morgan fingerprint density at radius 1 is 1.31 bits per heavy atom. The summed E-state index contributed by atoms with van der Waals surface area (Å²) in [6.45, 7) is 4.93. The van der Waals surface area contributed by atoms with Crippen LogP contribution in [0, 0.1) is 0 Å². The highest BCUT2D eigenvalue weighted by molar-refractivity contribution is 7.89. The molecule has 3 aromatic rings. The van der Waals surface area contributed by atoms with Gasteiger partial charge in [0.25, 0.3) is 0 Å². The standard InChI is InChI=1S/C17H23N5O3S/c1-3-25-11-15-21-14-10-20-13-7-4-8-19-16(13)17(14)22(15)12(2)6-5-9-26(18,23)24/h4,7-8,10,12H,3,5-6,9,11H2,1-2H3,(H2,18,23,24). The van der Waals surface area contributed by atoms with Crippen LogP contribution in [0.3, 0.4) is 0 Å². The second-order valence-corrected chi connectivity index (χ2v) is 7.99. The SMILES string of the molecule is CCOCc1nc2cnc3cccnc3c2n1C(C)CCCS(N)(=O)=O. The predicted molar refractivity (Wildman–Crippen MR) is 100 cm³/mol. The Morgan fingerprint density at radius 2 is 2.12 bits per heavy atom. The fourth-order valence-corrected chi connectivity index (χ4v) is 3.69. The van der Waals surface area contributed by atoms with E-state index in [0.29, 0.717) is 26.1 Å². The van der Waals surface area contributed by atoms with Crippen molar-refractivity contribution in [2.75, 3.05) is 12.4 Å². The topological polar surface area (TPSA) is 113 Å². The molecule has 9 heteroatoms. The lowest BCUT2D eigenvalue weighted by Gasteiger charge is -2.18. The molecule has 3 aromatic heterocycles. The molecule has 0 radical (unpaired) electrons. The fraction of sp³-hybridized carbons (Fsp3) is 0.471. The first kappa shape index (κ1) is 18.7. The summed E-state index contributed by atoms with van der Waals surface area (Å²) in [5.74, 6) is 0.746. The third kappa shape index (κ3) is 4.00. The number of hydrogen-bond acceptors (Lipinski definition) is 6. The smallest absolute Gasteiger partial charge is 0.209 e. The number of aromatic nitrogens is 4. The van der Waals surface area contributed by atoms with Crippen LogP contribution in [0.4, 0.5) is 0 Å². The number of hydrogen-bond donors (Lipinski definition) is 1. The molecule has 0 aliphatic carbocycles. The van der Waals surface area contributed by atoms with Crippen molar-refractivity contribution >= 4 is 32.1 Å². The molecule has 0 aromatic carbocycles. The number of primary sulfonamides is 1. The van der Waals surface area contributed by atoms with Crippen LogP contribution in [0.1, 0.15) is 38.6 Å². The van der Waals surface area contributed by atoms with Gasteiger partial charge >= 0.3 is 0 Å². The van der Waals surface area contributed by atoms with E-state index in [4.69, 9.17) is 9.88 Å². The van der Waals surface area contributed by atoms with Crippen LogP contribution in [0.15, 0.2) is 24.5 Å². The lowest BCUT2D eigenvalue weighted by atomic mass is 10.2. The van der Waals surface area contributed by atoms with Crippen molar-refractivity contribution in [3.05, 3.63) is 30.4 Å². The molecule has 0 spiro atoms. The normalized spacial score (nSPS) is 13.5. The number of pyridine rings is 2. The van der Waals surface area contributed by atoms with Gasteiger partial charge in [-0.25, -0.2) is 18.5 Å². The van der Waals surface area contributed by atoms with E-state index in [9.17, 15) is 8.42 Å². The summed E-state index contributed by atoms with van der Waals surface area (Å²) in [5, 5.41) is 5.12. The quantitative estimate of drug-likeness (QED) is 0.643. The first-order valence-electron chi connectivity index (χ1n) is 8.59. The number of ether oxygens (including phenoxy) is 1. The second kappa shape index (κ2) is 7.65. The van der Waals surface area contributed by atoms with Gasteiger partial charge in [0.2, 0.25) is 10.0 Å². The van der Waals surface area contributed by atoms with E-state index in [0.717, 1.165) is 27.9 Å². The predicted octanol–water partition coefficient (Wildman–Crippen LogP) is 2.15. The minimum atomic E-state index is -3.46. The molecular formula is C17H23N5O3S. The van der Waals surface area contributed by atoms with Gasteiger partial charge in [-0.2, -0.15) is 0 Å². The van der Waals surface area contributed by atoms with Gasteiger partial charge in [0.1, 0.15) is 23.5 Å². The van der Waals surface area contributed by atoms with Gasteiger partial charge in [0.05, 0.1) is 23.0 Å². The molecule has 0 fully saturated rings. The van der Waals surface area contributed by atoms with Crippen molar-refractivity contribution in [3.63, 3.8) is 0 Å². The number of sulfonamides is 1. The molecule has 2 N–H and O–H groups in total. The Morgan fingerprint density at radius 3 is 2.85 bits per heavy atom. The third-order valence-electron chi connectivity index (χ3n) is 4.27. The summed E-state index contributed by atoms with van der Waals surface area (Å²) in [5.41, 5.74) is 3.22. The molecule has 3 heterocycles. The zero-order valence-corrected chi connectivity index (χ0v) is 15.7. The van der Waals surface area contributed by atoms with Gasteiger partial charge < -0.3 is 9.30 Å². The zero-order chi connectivity index (χ0) is 18.7. The Kier molecular flexibility index (Phi) is 5.49. The molecule has 1 unspecified atom stereocenters. The number of fused-ring (bicyclic) bond motifs is 3. The summed E-state index contributed by atoms with van der Waals surface area (Å²) in [7, 11) is -3.46. The van der Waals surface area contributed by atoms with Gasteiger partial charge in [-0.15, -0.1) is 0 Å². The molecular weight excluding hydrogens is 354 g/mol. The third-order valence-corrected chi connectivity index (χ3v) is 5.13. The fourth-order valence-electron chi connectivity index (χ4n) is 3.12. The van der Waals surface area contributed by atoms with Gasteiger partial charge in [-0.1, -0.05) is 0 Å². The van der Waals surface area contributed by atoms with Crippen LogP contribution in [-0.2, 0) is 21.4 Å². The minimum absolute atomic E-state index is 0.0183. The summed E-state index contributed by atoms with van der Waals surface area (Å²) in [6.07, 6.45) is 4.60. The molecule has 0 bridgehead atoms. The van der Waals surface area contributed by atoms with E-state index in [1.807, 2.05) is 26.0 Å². The number of imidazole rings is 1. The van der Waals surface area contributed by atoms with Crippen molar-refractivity contribution in [2.24, 2.45) is 5.14 Å². The molecule has 26 heavy (non-hydrogen) atoms. The van der Waals surface area contributed by atoms with Crippen molar-refractivity contribution in [1.82, 2.24) is 19.5 Å². The second-order valence-electron chi connectivity index (χ2n) is 6.26. The van der Waals surface area contributed by atoms with E-state index >= 15 is 0 Å². The molecule has 0 saturated carbocycles.